The molecular formula is C11H10O2. The van der Waals surface area contributed by atoms with Gasteiger partial charge in [-0.3, -0.25) is 4.79 Å². The molecule has 0 bridgehead atoms. The fraction of sp³-hybridized carbons (Fsp3) is 0.364. The summed E-state index contributed by atoms with van der Waals surface area (Å²) in [6, 6.07) is 5.78. The second-order valence-corrected chi connectivity index (χ2v) is 3.68. The van der Waals surface area contributed by atoms with Crippen molar-refractivity contribution in [2.75, 3.05) is 6.61 Å². The predicted octanol–water partition coefficient (Wildman–Crippen LogP) is 2.14. The maximum atomic E-state index is 11.6. The Morgan fingerprint density at radius 3 is 3.23 bits per heavy atom. The smallest absolute Gasteiger partial charge is 0.163 e. The average Bonchev–Trinajstić information content (AvgIpc) is 2.47. The third-order valence-corrected chi connectivity index (χ3v) is 2.93. The number of ketones is 1. The lowest BCUT2D eigenvalue weighted by molar-refractivity contribution is 0.0986. The summed E-state index contributed by atoms with van der Waals surface area (Å²) >= 11 is 0. The molecule has 0 aromatic heterocycles. The van der Waals surface area contributed by atoms with E-state index in [1.165, 1.54) is 5.56 Å². The van der Waals surface area contributed by atoms with E-state index in [1.807, 2.05) is 18.2 Å². The third-order valence-electron chi connectivity index (χ3n) is 2.93. The number of rotatable bonds is 0. The summed E-state index contributed by atoms with van der Waals surface area (Å²) < 4.78 is 5.51. The van der Waals surface area contributed by atoms with Crippen molar-refractivity contribution in [2.24, 2.45) is 0 Å². The van der Waals surface area contributed by atoms with E-state index in [1.54, 1.807) is 0 Å². The van der Waals surface area contributed by atoms with Crippen LogP contribution in [-0.2, 0) is 0 Å². The van der Waals surface area contributed by atoms with E-state index in [4.69, 9.17) is 4.74 Å². The molecular weight excluding hydrogens is 164 g/mol. The lowest BCUT2D eigenvalue weighted by Gasteiger charge is -2.21. The first-order valence-corrected chi connectivity index (χ1v) is 4.65. The first kappa shape index (κ1) is 7.13. The standard InChI is InChI=1S/C11H10O2/c12-9-6-7-4-5-13-10-3-1-2-8(9)11(7)10/h1-3,7H,4-6H2. The van der Waals surface area contributed by atoms with Crippen LogP contribution in [0.2, 0.25) is 0 Å². The molecule has 13 heavy (non-hydrogen) atoms. The van der Waals surface area contributed by atoms with Gasteiger partial charge in [-0.25, -0.2) is 0 Å². The van der Waals surface area contributed by atoms with E-state index in [0.717, 1.165) is 24.3 Å². The maximum Gasteiger partial charge on any atom is 0.163 e. The molecule has 0 saturated carbocycles. The van der Waals surface area contributed by atoms with Crippen LogP contribution in [0.5, 0.6) is 5.75 Å². The Kier molecular flexibility index (Phi) is 1.29. The highest BCUT2D eigenvalue weighted by Crippen LogP contribution is 2.43. The maximum absolute atomic E-state index is 11.6. The topological polar surface area (TPSA) is 26.3 Å². The van der Waals surface area contributed by atoms with Crippen molar-refractivity contribution in [3.8, 4) is 5.75 Å². The van der Waals surface area contributed by atoms with Gasteiger partial charge in [0.25, 0.3) is 0 Å². The van der Waals surface area contributed by atoms with Crippen molar-refractivity contribution in [3.05, 3.63) is 29.3 Å². The fourth-order valence-electron chi connectivity index (χ4n) is 2.33. The molecule has 1 aliphatic carbocycles. The van der Waals surface area contributed by atoms with Gasteiger partial charge in [0, 0.05) is 17.5 Å². The minimum absolute atomic E-state index is 0.285. The highest BCUT2D eigenvalue weighted by Gasteiger charge is 2.34. The van der Waals surface area contributed by atoms with Gasteiger partial charge in [-0.05, 0) is 18.4 Å². The quantitative estimate of drug-likeness (QED) is 0.602. The minimum atomic E-state index is 0.285. The number of benzene rings is 1. The van der Waals surface area contributed by atoms with Gasteiger partial charge in [0.1, 0.15) is 5.75 Å². The molecule has 0 saturated heterocycles. The lowest BCUT2D eigenvalue weighted by Crippen LogP contribution is -2.11. The van der Waals surface area contributed by atoms with Crippen molar-refractivity contribution in [1.82, 2.24) is 0 Å². The third kappa shape index (κ3) is 0.857. The molecule has 66 valence electrons. The summed E-state index contributed by atoms with van der Waals surface area (Å²) in [6.45, 7) is 0.758. The summed E-state index contributed by atoms with van der Waals surface area (Å²) in [4.78, 5) is 11.6. The molecule has 1 aromatic rings. The Hall–Kier alpha value is -1.31. The number of hydrogen-bond donors (Lipinski definition) is 0. The average molecular weight is 174 g/mol. The minimum Gasteiger partial charge on any atom is -0.493 e. The number of carbonyl (C=O) groups excluding carboxylic acids is 1. The molecule has 0 radical (unpaired) electrons. The summed E-state index contributed by atoms with van der Waals surface area (Å²) in [6.07, 6.45) is 1.69. The van der Waals surface area contributed by atoms with Crippen LogP contribution in [0, 0.1) is 0 Å². The van der Waals surface area contributed by atoms with Gasteiger partial charge in [-0.15, -0.1) is 0 Å². The molecule has 1 aromatic carbocycles. The van der Waals surface area contributed by atoms with E-state index >= 15 is 0 Å². The molecule has 1 heterocycles. The number of Topliss-reactive ketones (excluding diaryl/α,β-unsaturated/α-hetero) is 1. The Morgan fingerprint density at radius 2 is 2.31 bits per heavy atom. The first-order valence-electron chi connectivity index (χ1n) is 4.65. The van der Waals surface area contributed by atoms with Gasteiger partial charge in [-0.2, -0.15) is 0 Å². The van der Waals surface area contributed by atoms with Gasteiger partial charge >= 0.3 is 0 Å². The first-order chi connectivity index (χ1) is 6.36. The van der Waals surface area contributed by atoms with Crippen LogP contribution >= 0.6 is 0 Å². The molecule has 1 unspecified atom stereocenters. The monoisotopic (exact) mass is 174 g/mol. The van der Waals surface area contributed by atoms with Crippen LogP contribution in [0.3, 0.4) is 0 Å². The predicted molar refractivity (Wildman–Crippen MR) is 48.2 cm³/mol. The molecule has 0 N–H and O–H groups in total. The van der Waals surface area contributed by atoms with Crippen molar-refractivity contribution in [1.29, 1.82) is 0 Å². The molecule has 1 aliphatic heterocycles. The summed E-state index contributed by atoms with van der Waals surface area (Å²) in [5.41, 5.74) is 2.06. The van der Waals surface area contributed by atoms with Crippen LogP contribution < -0.4 is 4.74 Å². The Balaban J connectivity index is 2.28. The lowest BCUT2D eigenvalue weighted by atomic mass is 9.95. The highest BCUT2D eigenvalue weighted by molar-refractivity contribution is 6.02. The normalized spacial score (nSPS) is 24.0. The summed E-state index contributed by atoms with van der Waals surface area (Å²) in [7, 11) is 0. The molecule has 2 nitrogen and oxygen atoms in total. The zero-order chi connectivity index (χ0) is 8.84. The van der Waals surface area contributed by atoms with Crippen LogP contribution in [0.15, 0.2) is 18.2 Å². The van der Waals surface area contributed by atoms with E-state index in [2.05, 4.69) is 0 Å². The van der Waals surface area contributed by atoms with Crippen LogP contribution in [0.1, 0.15) is 34.7 Å². The molecule has 0 amide bonds. The van der Waals surface area contributed by atoms with Crippen LogP contribution in [0.4, 0.5) is 0 Å². The van der Waals surface area contributed by atoms with E-state index in [-0.39, 0.29) is 5.78 Å². The highest BCUT2D eigenvalue weighted by atomic mass is 16.5. The number of carbonyl (C=O) groups is 1. The van der Waals surface area contributed by atoms with Gasteiger partial charge in [0.05, 0.1) is 6.61 Å². The van der Waals surface area contributed by atoms with Crippen molar-refractivity contribution in [2.45, 2.75) is 18.8 Å². The van der Waals surface area contributed by atoms with E-state index in [9.17, 15) is 4.79 Å². The summed E-state index contributed by atoms with van der Waals surface area (Å²) in [5.74, 6) is 1.65. The Morgan fingerprint density at radius 1 is 1.38 bits per heavy atom. The molecule has 0 fully saturated rings. The zero-order valence-corrected chi connectivity index (χ0v) is 7.25. The van der Waals surface area contributed by atoms with Gasteiger partial charge in [0.2, 0.25) is 0 Å². The van der Waals surface area contributed by atoms with Crippen molar-refractivity contribution in [3.63, 3.8) is 0 Å². The van der Waals surface area contributed by atoms with Crippen LogP contribution in [0.25, 0.3) is 0 Å². The molecule has 3 rings (SSSR count). The van der Waals surface area contributed by atoms with Crippen molar-refractivity contribution >= 4 is 5.78 Å². The Bertz CT molecular complexity index is 382. The van der Waals surface area contributed by atoms with E-state index in [0.29, 0.717) is 12.3 Å². The number of ether oxygens (including phenoxy) is 1. The summed E-state index contributed by atoms with van der Waals surface area (Å²) in [5, 5.41) is 0. The molecule has 0 spiro atoms. The van der Waals surface area contributed by atoms with Gasteiger partial charge in [0.15, 0.2) is 5.78 Å². The second kappa shape index (κ2) is 2.34. The zero-order valence-electron chi connectivity index (χ0n) is 7.25. The molecule has 2 aliphatic rings. The van der Waals surface area contributed by atoms with Crippen molar-refractivity contribution < 1.29 is 9.53 Å². The molecule has 2 heteroatoms. The van der Waals surface area contributed by atoms with E-state index < -0.39 is 0 Å². The fourth-order valence-corrected chi connectivity index (χ4v) is 2.33. The molecule has 1 atom stereocenters. The van der Waals surface area contributed by atoms with Crippen LogP contribution in [-0.4, -0.2) is 12.4 Å². The Labute approximate surface area is 76.5 Å². The second-order valence-electron chi connectivity index (χ2n) is 3.68. The number of hydrogen-bond acceptors (Lipinski definition) is 2. The largest absolute Gasteiger partial charge is 0.493 e. The van der Waals surface area contributed by atoms with Gasteiger partial charge < -0.3 is 4.74 Å². The SMILES string of the molecule is O=C1CC2CCOc3cccc1c32. The van der Waals surface area contributed by atoms with Gasteiger partial charge in [-0.1, -0.05) is 12.1 Å².